The van der Waals surface area contributed by atoms with Crippen molar-refractivity contribution in [1.29, 1.82) is 0 Å². The van der Waals surface area contributed by atoms with Crippen molar-refractivity contribution in [3.8, 4) is 0 Å². The SMILES string of the molecule is COC(=O)[C@@H](N)CCCNC(N)=O.Cl.NC(=O)NCCC[C@H](N)C(=O)O. The van der Waals surface area contributed by atoms with Crippen LogP contribution in [0.25, 0.3) is 0 Å². The van der Waals surface area contributed by atoms with Gasteiger partial charge in [0.25, 0.3) is 0 Å². The van der Waals surface area contributed by atoms with Gasteiger partial charge in [0.1, 0.15) is 12.1 Å². The summed E-state index contributed by atoms with van der Waals surface area (Å²) in [6, 6.07) is -2.68. The van der Waals surface area contributed by atoms with Crippen LogP contribution in [0.5, 0.6) is 0 Å². The molecule has 0 bridgehead atoms. The first-order valence-electron chi connectivity index (χ1n) is 7.50. The number of urea groups is 2. The third kappa shape index (κ3) is 19.7. The number of nitrogens with two attached hydrogens (primary N) is 4. The molecule has 0 aliphatic carbocycles. The number of esters is 1. The Morgan fingerprint density at radius 3 is 1.62 bits per heavy atom. The summed E-state index contributed by atoms with van der Waals surface area (Å²) in [5.41, 5.74) is 20.2. The average Bonchev–Trinajstić information content (AvgIpc) is 2.54. The summed E-state index contributed by atoms with van der Waals surface area (Å²) in [4.78, 5) is 41.3. The van der Waals surface area contributed by atoms with Crippen molar-refractivity contribution in [2.45, 2.75) is 37.8 Å². The van der Waals surface area contributed by atoms with Crippen LogP contribution >= 0.6 is 12.4 Å². The molecular formula is C13H29ClN6O6. The molecule has 11 N–H and O–H groups in total. The summed E-state index contributed by atoms with van der Waals surface area (Å²) >= 11 is 0. The van der Waals surface area contributed by atoms with Crippen LogP contribution in [0.15, 0.2) is 0 Å². The number of aliphatic carboxylic acids is 1. The Balaban J connectivity index is -0.000000393. The van der Waals surface area contributed by atoms with Gasteiger partial charge in [-0.2, -0.15) is 0 Å². The number of amides is 4. The molecule has 0 aromatic heterocycles. The van der Waals surface area contributed by atoms with E-state index < -0.39 is 36.1 Å². The zero-order chi connectivity index (χ0) is 19.8. The number of halogens is 1. The molecule has 2 atom stereocenters. The smallest absolute Gasteiger partial charge is 0.322 e. The first-order valence-corrected chi connectivity index (χ1v) is 7.50. The molecule has 0 saturated heterocycles. The number of nitrogens with one attached hydrogen (secondary N) is 2. The lowest BCUT2D eigenvalue weighted by Gasteiger charge is -2.08. The molecule has 154 valence electrons. The van der Waals surface area contributed by atoms with E-state index in [1.807, 2.05) is 0 Å². The average molecular weight is 401 g/mol. The number of hydrogen-bond donors (Lipinski definition) is 7. The van der Waals surface area contributed by atoms with E-state index in [0.717, 1.165) is 0 Å². The summed E-state index contributed by atoms with van der Waals surface area (Å²) in [7, 11) is 1.28. The highest BCUT2D eigenvalue weighted by Gasteiger charge is 2.12. The normalized spacial score (nSPS) is 11.5. The molecule has 0 heterocycles. The summed E-state index contributed by atoms with van der Waals surface area (Å²) in [6.07, 6.45) is 1.90. The number of carboxylic acid groups (broad SMARTS) is 1. The third-order valence-electron chi connectivity index (χ3n) is 2.80. The van der Waals surface area contributed by atoms with Gasteiger partial charge in [0.2, 0.25) is 0 Å². The summed E-state index contributed by atoms with van der Waals surface area (Å²) in [5.74, 6) is -1.48. The van der Waals surface area contributed by atoms with Gasteiger partial charge in [-0.3, -0.25) is 9.59 Å². The lowest BCUT2D eigenvalue weighted by molar-refractivity contribution is -0.142. The van der Waals surface area contributed by atoms with E-state index in [0.29, 0.717) is 38.8 Å². The van der Waals surface area contributed by atoms with E-state index in [9.17, 15) is 19.2 Å². The fourth-order valence-electron chi connectivity index (χ4n) is 1.46. The zero-order valence-electron chi connectivity index (χ0n) is 14.6. The first kappa shape index (κ1) is 28.5. The number of primary amides is 2. The molecule has 26 heavy (non-hydrogen) atoms. The second-order valence-corrected chi connectivity index (χ2v) is 4.94. The van der Waals surface area contributed by atoms with E-state index in [1.54, 1.807) is 0 Å². The predicted molar refractivity (Wildman–Crippen MR) is 96.5 cm³/mol. The van der Waals surface area contributed by atoms with Gasteiger partial charge in [-0.1, -0.05) is 0 Å². The van der Waals surface area contributed by atoms with Crippen LogP contribution in [-0.2, 0) is 14.3 Å². The van der Waals surface area contributed by atoms with Gasteiger partial charge in [0.05, 0.1) is 7.11 Å². The number of ether oxygens (including phenoxy) is 1. The lowest BCUT2D eigenvalue weighted by Crippen LogP contribution is -2.34. The summed E-state index contributed by atoms with van der Waals surface area (Å²) in [5, 5.41) is 13.1. The topological polar surface area (TPSA) is 226 Å². The Hall–Kier alpha value is -2.31. The molecule has 12 nitrogen and oxygen atoms in total. The Morgan fingerprint density at radius 1 is 0.923 bits per heavy atom. The monoisotopic (exact) mass is 400 g/mol. The van der Waals surface area contributed by atoms with Crippen molar-refractivity contribution < 1.29 is 29.0 Å². The van der Waals surface area contributed by atoms with E-state index in [-0.39, 0.29) is 12.4 Å². The zero-order valence-corrected chi connectivity index (χ0v) is 15.4. The van der Waals surface area contributed by atoms with Crippen LogP contribution in [0.1, 0.15) is 25.7 Å². The Kier molecular flexibility index (Phi) is 19.2. The van der Waals surface area contributed by atoms with Gasteiger partial charge in [-0.15, -0.1) is 12.4 Å². The molecule has 0 saturated carbocycles. The maximum absolute atomic E-state index is 10.8. The van der Waals surface area contributed by atoms with E-state index in [4.69, 9.17) is 28.0 Å². The molecule has 0 aliphatic heterocycles. The van der Waals surface area contributed by atoms with Gasteiger partial charge in [0.15, 0.2) is 0 Å². The molecule has 0 fully saturated rings. The van der Waals surface area contributed by atoms with Crippen LogP contribution in [0.4, 0.5) is 9.59 Å². The lowest BCUT2D eigenvalue weighted by atomic mass is 10.2. The fourth-order valence-corrected chi connectivity index (χ4v) is 1.46. The van der Waals surface area contributed by atoms with Crippen LogP contribution in [-0.4, -0.2) is 61.4 Å². The molecule has 0 radical (unpaired) electrons. The van der Waals surface area contributed by atoms with Crippen molar-refractivity contribution in [3.05, 3.63) is 0 Å². The van der Waals surface area contributed by atoms with E-state index >= 15 is 0 Å². The number of carbonyl (C=O) groups excluding carboxylic acids is 3. The quantitative estimate of drug-likeness (QED) is 0.163. The number of carbonyl (C=O) groups is 4. The second-order valence-electron chi connectivity index (χ2n) is 4.94. The Labute approximate surface area is 157 Å². The van der Waals surface area contributed by atoms with Gasteiger partial charge in [-0.25, -0.2) is 9.59 Å². The molecule has 0 rings (SSSR count). The van der Waals surface area contributed by atoms with Crippen LogP contribution in [0, 0.1) is 0 Å². The van der Waals surface area contributed by atoms with Crippen molar-refractivity contribution >= 4 is 36.4 Å². The Bertz CT molecular complexity index is 439. The predicted octanol–water partition coefficient (Wildman–Crippen LogP) is -1.80. The fraction of sp³-hybridized carbons (Fsp3) is 0.692. The van der Waals surface area contributed by atoms with Crippen LogP contribution in [0.2, 0.25) is 0 Å². The van der Waals surface area contributed by atoms with E-state index in [2.05, 4.69) is 15.4 Å². The Morgan fingerprint density at radius 2 is 1.31 bits per heavy atom. The summed E-state index contributed by atoms with van der Waals surface area (Å²) in [6.45, 7) is 0.774. The standard InChI is InChI=1S/C7H15N3O3.C6H13N3O3.ClH/c1-13-6(11)5(8)3-2-4-10-7(9)12;7-4(5(10)11)2-1-3-9-6(8)12;/h5H,2-4,8H2,1H3,(H3,9,10,12);4H,1-3,7H2,(H,10,11)(H3,8,9,12);1H/t5-;4-;/m00./s1. The minimum absolute atomic E-state index is 0. The highest BCUT2D eigenvalue weighted by atomic mass is 35.5. The van der Waals surface area contributed by atoms with Crippen molar-refractivity contribution in [3.63, 3.8) is 0 Å². The maximum atomic E-state index is 10.8. The van der Waals surface area contributed by atoms with Gasteiger partial charge in [0, 0.05) is 13.1 Å². The van der Waals surface area contributed by atoms with Crippen molar-refractivity contribution in [1.82, 2.24) is 10.6 Å². The third-order valence-corrected chi connectivity index (χ3v) is 2.80. The minimum atomic E-state index is -1.03. The van der Waals surface area contributed by atoms with Gasteiger partial charge in [-0.05, 0) is 25.7 Å². The molecule has 0 aliphatic rings. The van der Waals surface area contributed by atoms with Crippen molar-refractivity contribution in [2.24, 2.45) is 22.9 Å². The number of carboxylic acids is 1. The highest BCUT2D eigenvalue weighted by molar-refractivity contribution is 5.85. The second kappa shape index (κ2) is 17.5. The van der Waals surface area contributed by atoms with Gasteiger partial charge < -0.3 is 43.4 Å². The number of rotatable bonds is 10. The van der Waals surface area contributed by atoms with Gasteiger partial charge >= 0.3 is 24.0 Å². The molecule has 0 aromatic carbocycles. The van der Waals surface area contributed by atoms with Crippen molar-refractivity contribution in [2.75, 3.05) is 20.2 Å². The molecule has 0 unspecified atom stereocenters. The molecule has 0 spiro atoms. The van der Waals surface area contributed by atoms with E-state index in [1.165, 1.54) is 7.11 Å². The minimum Gasteiger partial charge on any atom is -0.480 e. The number of hydrogen-bond acceptors (Lipinski definition) is 7. The molecule has 4 amide bonds. The molecular weight excluding hydrogens is 372 g/mol. The molecule has 13 heteroatoms. The van der Waals surface area contributed by atoms with Crippen LogP contribution < -0.4 is 33.6 Å². The highest BCUT2D eigenvalue weighted by Crippen LogP contribution is 1.95. The first-order chi connectivity index (χ1) is 11.6. The maximum Gasteiger partial charge on any atom is 0.322 e. The number of methoxy groups -OCH3 is 1. The largest absolute Gasteiger partial charge is 0.480 e. The molecule has 0 aromatic rings. The summed E-state index contributed by atoms with van der Waals surface area (Å²) < 4.78 is 4.41. The van der Waals surface area contributed by atoms with Crippen LogP contribution in [0.3, 0.4) is 0 Å².